The van der Waals surface area contributed by atoms with Crippen molar-refractivity contribution in [3.63, 3.8) is 0 Å². The van der Waals surface area contributed by atoms with Crippen molar-refractivity contribution >= 4 is 17.2 Å². The first-order chi connectivity index (χ1) is 8.27. The zero-order valence-corrected chi connectivity index (χ0v) is 9.05. The molecule has 82 valence electrons. The highest BCUT2D eigenvalue weighted by molar-refractivity contribution is 6.21. The summed E-state index contributed by atoms with van der Waals surface area (Å²) in [5.41, 5.74) is 7.87. The predicted octanol–water partition coefficient (Wildman–Crippen LogP) is 0.628. The van der Waals surface area contributed by atoms with Gasteiger partial charge in [0.15, 0.2) is 0 Å². The maximum atomic E-state index is 11.9. The van der Waals surface area contributed by atoms with E-state index in [1.54, 1.807) is 6.07 Å². The average Bonchev–Trinajstić information content (AvgIpc) is 2.68. The van der Waals surface area contributed by atoms with Gasteiger partial charge in [0.2, 0.25) is 0 Å². The summed E-state index contributed by atoms with van der Waals surface area (Å²) in [7, 11) is 0. The minimum absolute atomic E-state index is 0.218. The number of hydrogen-bond donors (Lipinski definition) is 1. The van der Waals surface area contributed by atoms with Crippen LogP contribution in [0.4, 0.5) is 5.69 Å². The van der Waals surface area contributed by atoms with Gasteiger partial charge in [-0.15, -0.1) is 0 Å². The Hall–Kier alpha value is -2.42. The summed E-state index contributed by atoms with van der Waals surface area (Å²) in [6.07, 6.45) is 0. The van der Waals surface area contributed by atoms with Gasteiger partial charge in [0, 0.05) is 5.22 Å². The average molecular weight is 222 g/mol. The van der Waals surface area contributed by atoms with Crippen molar-refractivity contribution in [2.45, 2.75) is 0 Å². The second kappa shape index (κ2) is 3.56. The van der Waals surface area contributed by atoms with Crippen LogP contribution in [0.25, 0.3) is 5.57 Å². The molecule has 0 spiro atoms. The molecule has 1 aliphatic rings. The van der Waals surface area contributed by atoms with Crippen LogP contribution in [0.2, 0.25) is 0 Å². The first-order valence-electron chi connectivity index (χ1n) is 5.34. The van der Waals surface area contributed by atoms with Crippen LogP contribution in [0.3, 0.4) is 0 Å². The molecule has 0 atom stereocenters. The highest BCUT2D eigenvalue weighted by Crippen LogP contribution is 2.14. The van der Waals surface area contributed by atoms with E-state index in [1.165, 1.54) is 0 Å². The van der Waals surface area contributed by atoms with Gasteiger partial charge in [-0.3, -0.25) is 4.79 Å². The maximum Gasteiger partial charge on any atom is 0.278 e. The Morgan fingerprint density at radius 2 is 1.71 bits per heavy atom. The van der Waals surface area contributed by atoms with Crippen LogP contribution in [0.15, 0.2) is 53.5 Å². The van der Waals surface area contributed by atoms with E-state index >= 15 is 0 Å². The lowest BCUT2D eigenvalue weighted by Gasteiger charge is -1.99. The Kier molecular flexibility index (Phi) is 2.05. The highest BCUT2D eigenvalue weighted by Gasteiger charge is 2.18. The molecule has 0 unspecified atom stereocenters. The van der Waals surface area contributed by atoms with Gasteiger partial charge in [0.1, 0.15) is 0 Å². The number of carbonyl (C=O) groups excluding carboxylic acids is 1. The van der Waals surface area contributed by atoms with E-state index in [9.17, 15) is 4.79 Å². The van der Waals surface area contributed by atoms with Gasteiger partial charge >= 0.3 is 0 Å². The standard InChI is InChI=1S/C14H10N2O/c15-11-8-4-7-10-12(14(17)16-13(10)11)9-5-2-1-3-6-9/h1-8H,15H2. The van der Waals surface area contributed by atoms with Crippen molar-refractivity contribution in [2.75, 3.05) is 5.73 Å². The molecule has 2 aromatic carbocycles. The predicted molar refractivity (Wildman–Crippen MR) is 65.6 cm³/mol. The number of amides is 1. The summed E-state index contributed by atoms with van der Waals surface area (Å²) in [6.45, 7) is 0. The summed E-state index contributed by atoms with van der Waals surface area (Å²) < 4.78 is 0. The van der Waals surface area contributed by atoms with E-state index < -0.39 is 0 Å². The summed E-state index contributed by atoms with van der Waals surface area (Å²) in [5.74, 6) is -0.218. The lowest BCUT2D eigenvalue weighted by molar-refractivity contribution is -0.112. The van der Waals surface area contributed by atoms with Crippen LogP contribution < -0.4 is 16.3 Å². The lowest BCUT2D eigenvalue weighted by atomic mass is 10.0. The van der Waals surface area contributed by atoms with E-state index in [4.69, 9.17) is 5.73 Å². The number of rotatable bonds is 1. The third-order valence-electron chi connectivity index (χ3n) is 2.83. The first kappa shape index (κ1) is 9.78. The molecule has 0 radical (unpaired) electrons. The van der Waals surface area contributed by atoms with E-state index in [1.807, 2.05) is 42.5 Å². The zero-order chi connectivity index (χ0) is 11.8. The second-order valence-electron chi connectivity index (χ2n) is 3.90. The van der Waals surface area contributed by atoms with Gasteiger partial charge < -0.3 is 5.73 Å². The monoisotopic (exact) mass is 222 g/mol. The van der Waals surface area contributed by atoms with Gasteiger partial charge in [-0.05, 0) is 11.6 Å². The Balaban J connectivity index is 2.42. The van der Waals surface area contributed by atoms with E-state index in [0.29, 0.717) is 16.6 Å². The fourth-order valence-corrected chi connectivity index (χ4v) is 2.04. The van der Waals surface area contributed by atoms with Crippen LogP contribution >= 0.6 is 0 Å². The SMILES string of the molecule is Nc1cccc2c1=NC(=O)C=2c1ccccc1. The third-order valence-corrected chi connectivity index (χ3v) is 2.83. The van der Waals surface area contributed by atoms with Gasteiger partial charge in [-0.1, -0.05) is 42.5 Å². The minimum Gasteiger partial charge on any atom is -0.397 e. The van der Waals surface area contributed by atoms with Gasteiger partial charge in [0.25, 0.3) is 5.91 Å². The Morgan fingerprint density at radius 3 is 2.47 bits per heavy atom. The van der Waals surface area contributed by atoms with Crippen LogP contribution in [0.5, 0.6) is 0 Å². The number of benzene rings is 2. The van der Waals surface area contributed by atoms with Gasteiger partial charge in [-0.25, -0.2) is 4.99 Å². The van der Waals surface area contributed by atoms with Crippen molar-refractivity contribution in [3.8, 4) is 0 Å². The molecule has 0 aromatic heterocycles. The number of nitrogen functional groups attached to an aromatic ring is 1. The van der Waals surface area contributed by atoms with Crippen molar-refractivity contribution in [2.24, 2.45) is 4.99 Å². The summed E-state index contributed by atoms with van der Waals surface area (Å²) in [6, 6.07) is 15.0. The summed E-state index contributed by atoms with van der Waals surface area (Å²) in [5, 5.41) is 1.41. The molecule has 0 fully saturated rings. The number of nitrogens with two attached hydrogens (primary N) is 1. The number of carbonyl (C=O) groups is 1. The Morgan fingerprint density at radius 1 is 0.941 bits per heavy atom. The van der Waals surface area contributed by atoms with Crippen molar-refractivity contribution in [1.29, 1.82) is 0 Å². The molecule has 17 heavy (non-hydrogen) atoms. The molecular weight excluding hydrogens is 212 g/mol. The minimum atomic E-state index is -0.218. The molecule has 3 rings (SSSR count). The number of nitrogens with zero attached hydrogens (tertiary/aromatic N) is 1. The molecule has 3 nitrogen and oxygen atoms in total. The number of fused-ring (bicyclic) bond motifs is 1. The number of para-hydroxylation sites is 1. The molecule has 2 aromatic rings. The second-order valence-corrected chi connectivity index (χ2v) is 3.90. The largest absolute Gasteiger partial charge is 0.397 e. The fourth-order valence-electron chi connectivity index (χ4n) is 2.04. The van der Waals surface area contributed by atoms with Gasteiger partial charge in [-0.2, -0.15) is 0 Å². The number of hydrogen-bond acceptors (Lipinski definition) is 2. The molecule has 2 N–H and O–H groups in total. The molecule has 1 amide bonds. The molecular formula is C14H10N2O. The quantitative estimate of drug-likeness (QED) is 0.719. The normalized spacial score (nSPS) is 13.4. The molecule has 0 saturated heterocycles. The topological polar surface area (TPSA) is 55.4 Å². The lowest BCUT2D eigenvalue weighted by Crippen LogP contribution is -2.26. The smallest absolute Gasteiger partial charge is 0.278 e. The van der Waals surface area contributed by atoms with Crippen LogP contribution in [-0.2, 0) is 4.79 Å². The van der Waals surface area contributed by atoms with Crippen LogP contribution in [-0.4, -0.2) is 5.91 Å². The van der Waals surface area contributed by atoms with Crippen molar-refractivity contribution < 1.29 is 4.79 Å². The first-order valence-corrected chi connectivity index (χ1v) is 5.34. The van der Waals surface area contributed by atoms with Gasteiger partial charge in [0.05, 0.1) is 16.6 Å². The molecule has 1 aliphatic heterocycles. The van der Waals surface area contributed by atoms with E-state index in [2.05, 4.69) is 4.99 Å². The molecule has 0 bridgehead atoms. The van der Waals surface area contributed by atoms with Crippen LogP contribution in [0, 0.1) is 0 Å². The van der Waals surface area contributed by atoms with Crippen LogP contribution in [0.1, 0.15) is 5.56 Å². The molecule has 0 saturated carbocycles. The third kappa shape index (κ3) is 1.44. The molecule has 1 heterocycles. The van der Waals surface area contributed by atoms with E-state index in [-0.39, 0.29) is 5.91 Å². The summed E-state index contributed by atoms with van der Waals surface area (Å²) in [4.78, 5) is 15.9. The highest BCUT2D eigenvalue weighted by atomic mass is 16.1. The van der Waals surface area contributed by atoms with E-state index in [0.717, 1.165) is 10.8 Å². The number of anilines is 1. The fraction of sp³-hybridized carbons (Fsp3) is 0. The maximum absolute atomic E-state index is 11.9. The summed E-state index contributed by atoms with van der Waals surface area (Å²) >= 11 is 0. The molecule has 3 heteroatoms. The van der Waals surface area contributed by atoms with Crippen molar-refractivity contribution in [3.05, 3.63) is 64.7 Å². The Bertz CT molecular complexity index is 718. The Labute approximate surface area is 97.9 Å². The molecule has 0 aliphatic carbocycles. The zero-order valence-electron chi connectivity index (χ0n) is 9.05. The van der Waals surface area contributed by atoms with Crippen molar-refractivity contribution in [1.82, 2.24) is 0 Å².